The third kappa shape index (κ3) is 2.77. The first-order chi connectivity index (χ1) is 9.22. The smallest absolute Gasteiger partial charge is 0.112 e. The van der Waals surface area contributed by atoms with Gasteiger partial charge >= 0.3 is 0 Å². The van der Waals surface area contributed by atoms with Crippen LogP contribution in [0.25, 0.3) is 10.1 Å². The van der Waals surface area contributed by atoms with Crippen LogP contribution in [0.2, 0.25) is 0 Å². The van der Waals surface area contributed by atoms with E-state index in [-0.39, 0.29) is 0 Å². The summed E-state index contributed by atoms with van der Waals surface area (Å²) in [6.07, 6.45) is 3.89. The lowest BCUT2D eigenvalue weighted by atomic mass is 10.2. The normalized spacial score (nSPS) is 11.3. The summed E-state index contributed by atoms with van der Waals surface area (Å²) in [4.78, 5) is 5.79. The van der Waals surface area contributed by atoms with Gasteiger partial charge in [-0.3, -0.25) is 0 Å². The van der Waals surface area contributed by atoms with Crippen molar-refractivity contribution in [3.8, 4) is 0 Å². The van der Waals surface area contributed by atoms with Gasteiger partial charge in [-0.05, 0) is 35.6 Å². The van der Waals surface area contributed by atoms with E-state index < -0.39 is 0 Å². The van der Waals surface area contributed by atoms with Gasteiger partial charge in [0.1, 0.15) is 5.01 Å². The minimum atomic E-state index is 0.555. The Kier molecular flexibility index (Phi) is 3.48. The Morgan fingerprint density at radius 2 is 2.16 bits per heavy atom. The summed E-state index contributed by atoms with van der Waals surface area (Å²) in [6.45, 7) is 5.17. The number of hydrogen-bond donors (Lipinski definition) is 1. The van der Waals surface area contributed by atoms with Crippen molar-refractivity contribution in [2.45, 2.75) is 26.3 Å². The molecule has 3 nitrogen and oxygen atoms in total. The lowest BCUT2D eigenvalue weighted by molar-refractivity contribution is 0.885. The topological polar surface area (TPSA) is 37.8 Å². The summed E-state index contributed by atoms with van der Waals surface area (Å²) in [5, 5.41) is 5.74. The van der Waals surface area contributed by atoms with Gasteiger partial charge in [-0.2, -0.15) is 4.37 Å². The molecule has 1 N–H and O–H groups in total. The fourth-order valence-electron chi connectivity index (χ4n) is 1.83. The van der Waals surface area contributed by atoms with Crippen molar-refractivity contribution in [3.63, 3.8) is 0 Å². The lowest BCUT2D eigenvalue weighted by Gasteiger charge is -2.04. The van der Waals surface area contributed by atoms with Gasteiger partial charge in [-0.1, -0.05) is 13.8 Å². The van der Waals surface area contributed by atoms with Crippen molar-refractivity contribution in [1.29, 1.82) is 0 Å². The van der Waals surface area contributed by atoms with Crippen LogP contribution in [-0.2, 0) is 6.54 Å². The first kappa shape index (κ1) is 12.6. The van der Waals surface area contributed by atoms with Crippen LogP contribution in [-0.4, -0.2) is 9.36 Å². The molecule has 19 heavy (non-hydrogen) atoms. The van der Waals surface area contributed by atoms with Gasteiger partial charge in [0.05, 0.1) is 11.2 Å². The SMILES string of the molecule is CC(C)c1cnc(CNc2ccc3sncc3c2)s1. The molecular formula is C14H15N3S2. The zero-order valence-corrected chi connectivity index (χ0v) is 12.5. The number of fused-ring (bicyclic) bond motifs is 1. The van der Waals surface area contributed by atoms with Gasteiger partial charge in [-0.15, -0.1) is 11.3 Å². The third-order valence-corrected chi connectivity index (χ3v) is 5.01. The Morgan fingerprint density at radius 1 is 1.26 bits per heavy atom. The molecule has 3 rings (SSSR count). The number of benzene rings is 1. The second kappa shape index (κ2) is 5.27. The minimum Gasteiger partial charge on any atom is -0.379 e. The summed E-state index contributed by atoms with van der Waals surface area (Å²) < 4.78 is 5.41. The maximum absolute atomic E-state index is 4.45. The first-order valence-corrected chi connectivity index (χ1v) is 7.84. The van der Waals surface area contributed by atoms with Gasteiger partial charge < -0.3 is 5.32 Å². The van der Waals surface area contributed by atoms with E-state index in [9.17, 15) is 0 Å². The van der Waals surface area contributed by atoms with Crippen LogP contribution in [0.4, 0.5) is 5.69 Å². The molecule has 0 atom stereocenters. The third-order valence-electron chi connectivity index (χ3n) is 2.94. The average Bonchev–Trinajstić information content (AvgIpc) is 3.04. The number of aromatic nitrogens is 2. The predicted molar refractivity (Wildman–Crippen MR) is 83.1 cm³/mol. The second-order valence-corrected chi connectivity index (χ2v) is 6.72. The predicted octanol–water partition coefficient (Wildman–Crippen LogP) is 4.49. The van der Waals surface area contributed by atoms with Crippen molar-refractivity contribution in [3.05, 3.63) is 40.5 Å². The summed E-state index contributed by atoms with van der Waals surface area (Å²) in [7, 11) is 0. The Bertz CT molecular complexity index is 685. The molecule has 5 heteroatoms. The molecule has 0 saturated heterocycles. The number of hydrogen-bond acceptors (Lipinski definition) is 5. The molecule has 0 aliphatic carbocycles. The molecule has 0 saturated carbocycles. The quantitative estimate of drug-likeness (QED) is 0.769. The van der Waals surface area contributed by atoms with Gasteiger partial charge in [0.15, 0.2) is 0 Å². The number of thiazole rings is 1. The molecule has 0 unspecified atom stereocenters. The summed E-state index contributed by atoms with van der Waals surface area (Å²) in [5.74, 6) is 0.555. The standard InChI is InChI=1S/C14H15N3S2/c1-9(2)13-7-16-14(18-13)8-15-11-3-4-12-10(5-11)6-17-19-12/h3-7,9,15H,8H2,1-2H3. The number of anilines is 1. The van der Waals surface area contributed by atoms with Crippen LogP contribution >= 0.6 is 22.9 Å². The van der Waals surface area contributed by atoms with Crippen LogP contribution in [0.1, 0.15) is 29.7 Å². The fourth-order valence-corrected chi connectivity index (χ4v) is 3.32. The van der Waals surface area contributed by atoms with E-state index in [4.69, 9.17) is 0 Å². The van der Waals surface area contributed by atoms with Crippen molar-refractivity contribution >= 4 is 38.6 Å². The van der Waals surface area contributed by atoms with Crippen LogP contribution in [0.3, 0.4) is 0 Å². The molecule has 0 aliphatic rings. The van der Waals surface area contributed by atoms with Crippen molar-refractivity contribution < 1.29 is 0 Å². The van der Waals surface area contributed by atoms with Gasteiger partial charge in [0.2, 0.25) is 0 Å². The minimum absolute atomic E-state index is 0.555. The Hall–Kier alpha value is -1.46. The fraction of sp³-hybridized carbons (Fsp3) is 0.286. The molecule has 0 amide bonds. The first-order valence-electron chi connectivity index (χ1n) is 6.25. The van der Waals surface area contributed by atoms with Crippen molar-refractivity contribution in [2.75, 3.05) is 5.32 Å². The molecule has 2 heterocycles. The van der Waals surface area contributed by atoms with E-state index in [0.29, 0.717) is 5.92 Å². The van der Waals surface area contributed by atoms with Crippen molar-refractivity contribution in [2.24, 2.45) is 0 Å². The van der Waals surface area contributed by atoms with Gasteiger partial charge in [0, 0.05) is 28.3 Å². The maximum atomic E-state index is 4.45. The van der Waals surface area contributed by atoms with E-state index in [1.807, 2.05) is 12.4 Å². The average molecular weight is 289 g/mol. The number of rotatable bonds is 4. The monoisotopic (exact) mass is 289 g/mol. The highest BCUT2D eigenvalue weighted by Crippen LogP contribution is 2.24. The Labute approximate surface area is 120 Å². The molecule has 3 aromatic rings. The molecule has 98 valence electrons. The van der Waals surface area contributed by atoms with Gasteiger partial charge in [-0.25, -0.2) is 4.98 Å². The summed E-state index contributed by atoms with van der Waals surface area (Å²) in [6, 6.07) is 6.34. The molecule has 0 bridgehead atoms. The van der Waals surface area contributed by atoms with Crippen LogP contribution < -0.4 is 5.32 Å². The molecule has 0 aliphatic heterocycles. The zero-order valence-electron chi connectivity index (χ0n) is 10.9. The zero-order chi connectivity index (χ0) is 13.2. The molecule has 0 fully saturated rings. The Morgan fingerprint density at radius 3 is 2.95 bits per heavy atom. The van der Waals surface area contributed by atoms with E-state index in [1.165, 1.54) is 26.5 Å². The molecular weight excluding hydrogens is 274 g/mol. The summed E-state index contributed by atoms with van der Waals surface area (Å²) in [5.41, 5.74) is 1.12. The number of nitrogens with zero attached hydrogens (tertiary/aromatic N) is 2. The van der Waals surface area contributed by atoms with Crippen molar-refractivity contribution in [1.82, 2.24) is 9.36 Å². The molecule has 1 aromatic carbocycles. The Balaban J connectivity index is 1.70. The highest BCUT2D eigenvalue weighted by Gasteiger charge is 2.05. The van der Waals surface area contributed by atoms with Crippen LogP contribution in [0, 0.1) is 0 Å². The van der Waals surface area contributed by atoms with E-state index in [2.05, 4.69) is 46.7 Å². The highest BCUT2D eigenvalue weighted by atomic mass is 32.1. The van der Waals surface area contributed by atoms with E-state index >= 15 is 0 Å². The van der Waals surface area contributed by atoms with Gasteiger partial charge in [0.25, 0.3) is 0 Å². The number of nitrogens with one attached hydrogen (secondary N) is 1. The molecule has 0 radical (unpaired) electrons. The van der Waals surface area contributed by atoms with Crippen LogP contribution in [0.15, 0.2) is 30.6 Å². The maximum Gasteiger partial charge on any atom is 0.112 e. The van der Waals surface area contributed by atoms with Crippen LogP contribution in [0.5, 0.6) is 0 Å². The summed E-state index contributed by atoms with van der Waals surface area (Å²) >= 11 is 3.31. The lowest BCUT2D eigenvalue weighted by Crippen LogP contribution is -1.98. The molecule has 0 spiro atoms. The second-order valence-electron chi connectivity index (χ2n) is 4.74. The largest absolute Gasteiger partial charge is 0.379 e. The molecule has 2 aromatic heterocycles. The highest BCUT2D eigenvalue weighted by molar-refractivity contribution is 7.13. The van der Waals surface area contributed by atoms with E-state index in [0.717, 1.165) is 17.2 Å². The van der Waals surface area contributed by atoms with E-state index in [1.54, 1.807) is 11.3 Å².